The Kier molecular flexibility index (Phi) is 4.32. The first-order chi connectivity index (χ1) is 10.2. The average Bonchev–Trinajstić information content (AvgIpc) is 2.46. The van der Waals surface area contributed by atoms with Gasteiger partial charge >= 0.3 is 12.1 Å². The fraction of sp³-hybridized carbons (Fsp3) is 0.133. The van der Waals surface area contributed by atoms with Crippen molar-refractivity contribution in [3.8, 4) is 16.9 Å². The minimum atomic E-state index is -4.60. The van der Waals surface area contributed by atoms with Crippen molar-refractivity contribution in [1.29, 1.82) is 0 Å². The molecule has 2 aromatic rings. The van der Waals surface area contributed by atoms with E-state index < -0.39 is 22.7 Å². The first kappa shape index (κ1) is 16.2. The molecule has 0 saturated heterocycles. The van der Waals surface area contributed by atoms with Gasteiger partial charge in [0.2, 0.25) is 0 Å². The summed E-state index contributed by atoms with van der Waals surface area (Å²) in [4.78, 5) is 11.3. The van der Waals surface area contributed by atoms with Crippen LogP contribution in [-0.4, -0.2) is 18.2 Å². The third-order valence-corrected chi connectivity index (χ3v) is 3.33. The molecule has 0 aliphatic heterocycles. The van der Waals surface area contributed by atoms with Crippen LogP contribution >= 0.6 is 11.6 Å². The van der Waals surface area contributed by atoms with Gasteiger partial charge in [0.25, 0.3) is 0 Å². The first-order valence-electron chi connectivity index (χ1n) is 6.02. The third-order valence-electron chi connectivity index (χ3n) is 3.00. The van der Waals surface area contributed by atoms with Crippen LogP contribution in [0.15, 0.2) is 36.4 Å². The lowest BCUT2D eigenvalue weighted by molar-refractivity contribution is -0.137. The van der Waals surface area contributed by atoms with E-state index in [9.17, 15) is 23.1 Å². The molecule has 7 heteroatoms. The van der Waals surface area contributed by atoms with Crippen LogP contribution in [0, 0.1) is 0 Å². The van der Waals surface area contributed by atoms with Crippen molar-refractivity contribution in [1.82, 2.24) is 0 Å². The van der Waals surface area contributed by atoms with Gasteiger partial charge in [0.05, 0.1) is 23.3 Å². The van der Waals surface area contributed by atoms with Crippen LogP contribution in [0.4, 0.5) is 13.2 Å². The Hall–Kier alpha value is -2.21. The van der Waals surface area contributed by atoms with E-state index in [1.165, 1.54) is 25.3 Å². The number of halogens is 4. The smallest absolute Gasteiger partial charge is 0.417 e. The summed E-state index contributed by atoms with van der Waals surface area (Å²) in [6, 6.07) is 7.11. The van der Waals surface area contributed by atoms with Gasteiger partial charge in [-0.2, -0.15) is 13.2 Å². The number of hydrogen-bond acceptors (Lipinski definition) is 3. The number of phenols is 1. The highest BCUT2D eigenvalue weighted by molar-refractivity contribution is 6.31. The monoisotopic (exact) mass is 330 g/mol. The molecule has 0 unspecified atom stereocenters. The highest BCUT2D eigenvalue weighted by Crippen LogP contribution is 2.39. The fourth-order valence-corrected chi connectivity index (χ4v) is 2.16. The average molecular weight is 331 g/mol. The van der Waals surface area contributed by atoms with E-state index in [0.717, 1.165) is 18.2 Å². The van der Waals surface area contributed by atoms with Gasteiger partial charge in [0.1, 0.15) is 5.75 Å². The summed E-state index contributed by atoms with van der Waals surface area (Å²) >= 11 is 5.55. The van der Waals surface area contributed by atoms with Crippen LogP contribution in [0.3, 0.4) is 0 Å². The van der Waals surface area contributed by atoms with Gasteiger partial charge in [-0.3, -0.25) is 0 Å². The number of ether oxygens (including phenoxy) is 1. The number of carbonyl (C=O) groups excluding carboxylic acids is 1. The van der Waals surface area contributed by atoms with Gasteiger partial charge in [0, 0.05) is 5.56 Å². The molecule has 0 atom stereocenters. The quantitative estimate of drug-likeness (QED) is 0.824. The van der Waals surface area contributed by atoms with Crippen molar-refractivity contribution in [3.05, 3.63) is 52.5 Å². The van der Waals surface area contributed by atoms with E-state index in [2.05, 4.69) is 4.74 Å². The molecular formula is C15H10ClF3O3. The molecule has 0 saturated carbocycles. The fourth-order valence-electron chi connectivity index (χ4n) is 1.93. The molecule has 116 valence electrons. The Morgan fingerprint density at radius 2 is 1.86 bits per heavy atom. The summed E-state index contributed by atoms with van der Waals surface area (Å²) in [7, 11) is 1.18. The van der Waals surface area contributed by atoms with E-state index >= 15 is 0 Å². The van der Waals surface area contributed by atoms with Gasteiger partial charge in [0.15, 0.2) is 0 Å². The molecule has 0 radical (unpaired) electrons. The Labute approximate surface area is 128 Å². The highest BCUT2D eigenvalue weighted by Gasteiger charge is 2.33. The number of benzene rings is 2. The van der Waals surface area contributed by atoms with E-state index in [0.29, 0.717) is 0 Å². The third kappa shape index (κ3) is 3.17. The number of rotatable bonds is 2. The van der Waals surface area contributed by atoms with Gasteiger partial charge in [-0.25, -0.2) is 4.79 Å². The van der Waals surface area contributed by atoms with E-state index in [1.807, 2.05) is 0 Å². The molecule has 1 N–H and O–H groups in total. The van der Waals surface area contributed by atoms with Crippen LogP contribution < -0.4 is 0 Å². The molecule has 2 rings (SSSR count). The number of esters is 1. The second-order valence-corrected chi connectivity index (χ2v) is 4.82. The minimum Gasteiger partial charge on any atom is -0.507 e. The Balaban J connectivity index is 2.51. The van der Waals surface area contributed by atoms with Crippen molar-refractivity contribution >= 4 is 17.6 Å². The van der Waals surface area contributed by atoms with E-state index in [-0.39, 0.29) is 22.4 Å². The van der Waals surface area contributed by atoms with E-state index in [4.69, 9.17) is 11.6 Å². The second kappa shape index (κ2) is 5.88. The normalized spacial score (nSPS) is 11.3. The molecule has 0 aromatic heterocycles. The lowest BCUT2D eigenvalue weighted by Crippen LogP contribution is -2.06. The number of hydrogen-bond donors (Lipinski definition) is 1. The summed E-state index contributed by atoms with van der Waals surface area (Å²) in [5.74, 6) is -0.993. The molecule has 0 heterocycles. The lowest BCUT2D eigenvalue weighted by Gasteiger charge is -2.12. The molecule has 0 aliphatic carbocycles. The molecule has 0 bridgehead atoms. The maximum absolute atomic E-state index is 12.9. The van der Waals surface area contributed by atoms with Crippen LogP contribution in [0.25, 0.3) is 11.1 Å². The predicted octanol–water partition coefficient (Wildman–Crippen LogP) is 4.52. The minimum absolute atomic E-state index is 0.0914. The number of carbonyl (C=O) groups is 1. The molecule has 22 heavy (non-hydrogen) atoms. The van der Waals surface area contributed by atoms with Crippen LogP contribution in [0.5, 0.6) is 5.75 Å². The van der Waals surface area contributed by atoms with E-state index in [1.54, 1.807) is 0 Å². The molecule has 0 aliphatic rings. The van der Waals surface area contributed by atoms with Crippen LogP contribution in [0.1, 0.15) is 15.9 Å². The zero-order chi connectivity index (χ0) is 16.5. The number of alkyl halides is 3. The number of aromatic hydroxyl groups is 1. The molecule has 2 aromatic carbocycles. The Morgan fingerprint density at radius 3 is 2.41 bits per heavy atom. The van der Waals surface area contributed by atoms with Crippen molar-refractivity contribution in [2.45, 2.75) is 6.18 Å². The Morgan fingerprint density at radius 1 is 1.18 bits per heavy atom. The number of methoxy groups -OCH3 is 1. The van der Waals surface area contributed by atoms with Crippen molar-refractivity contribution in [3.63, 3.8) is 0 Å². The zero-order valence-corrected chi connectivity index (χ0v) is 12.0. The van der Waals surface area contributed by atoms with Crippen molar-refractivity contribution in [2.75, 3.05) is 7.11 Å². The highest BCUT2D eigenvalue weighted by atomic mass is 35.5. The largest absolute Gasteiger partial charge is 0.507 e. The molecular weight excluding hydrogens is 321 g/mol. The molecule has 0 spiro atoms. The summed E-state index contributed by atoms with van der Waals surface area (Å²) in [6.07, 6.45) is -4.60. The second-order valence-electron chi connectivity index (χ2n) is 4.42. The maximum atomic E-state index is 12.9. The summed E-state index contributed by atoms with van der Waals surface area (Å²) in [5, 5.41) is 9.50. The number of phenolic OH excluding ortho intramolecular Hbond substituents is 1. The summed E-state index contributed by atoms with van der Waals surface area (Å²) < 4.78 is 43.1. The summed E-state index contributed by atoms with van der Waals surface area (Å²) in [5.41, 5.74) is -0.627. The van der Waals surface area contributed by atoms with Gasteiger partial charge < -0.3 is 9.84 Å². The maximum Gasteiger partial charge on any atom is 0.417 e. The summed E-state index contributed by atoms with van der Waals surface area (Å²) in [6.45, 7) is 0. The first-order valence-corrected chi connectivity index (χ1v) is 6.40. The molecule has 0 amide bonds. The van der Waals surface area contributed by atoms with Crippen LogP contribution in [-0.2, 0) is 10.9 Å². The topological polar surface area (TPSA) is 46.5 Å². The van der Waals surface area contributed by atoms with Gasteiger partial charge in [-0.15, -0.1) is 0 Å². The lowest BCUT2D eigenvalue weighted by atomic mass is 10.0. The standard InChI is InChI=1S/C15H10ClF3O3/c1-22-14(21)9-2-4-10(13(20)7-9)8-3-5-12(16)11(6-8)15(17,18)19/h2-7,20H,1H3. The van der Waals surface area contributed by atoms with Crippen LogP contribution in [0.2, 0.25) is 5.02 Å². The Bertz CT molecular complexity index is 726. The molecule has 0 fully saturated rings. The SMILES string of the molecule is COC(=O)c1ccc(-c2ccc(Cl)c(C(F)(F)F)c2)c(O)c1. The van der Waals surface area contributed by atoms with Gasteiger partial charge in [-0.05, 0) is 35.9 Å². The van der Waals surface area contributed by atoms with Gasteiger partial charge in [-0.1, -0.05) is 17.7 Å². The molecule has 3 nitrogen and oxygen atoms in total. The van der Waals surface area contributed by atoms with Crippen molar-refractivity contribution < 1.29 is 27.8 Å². The van der Waals surface area contributed by atoms with Crippen molar-refractivity contribution in [2.24, 2.45) is 0 Å². The predicted molar refractivity (Wildman–Crippen MR) is 74.9 cm³/mol. The zero-order valence-electron chi connectivity index (χ0n) is 11.2.